The lowest BCUT2D eigenvalue weighted by atomic mass is 10.2. The van der Waals surface area contributed by atoms with Gasteiger partial charge in [-0.3, -0.25) is 0 Å². The molecule has 88 valence electrons. The molecule has 0 saturated carbocycles. The predicted octanol–water partition coefficient (Wildman–Crippen LogP) is 2.44. The van der Waals surface area contributed by atoms with Crippen LogP contribution < -0.4 is 5.73 Å². The predicted molar refractivity (Wildman–Crippen MR) is 68.0 cm³/mol. The van der Waals surface area contributed by atoms with E-state index in [2.05, 4.69) is 14.5 Å². The van der Waals surface area contributed by atoms with Crippen LogP contribution in [0.3, 0.4) is 0 Å². The van der Waals surface area contributed by atoms with Gasteiger partial charge in [-0.25, -0.2) is 4.98 Å². The standard InChI is InChI=1S/C9H7ClN4OS2/c10-5-1-2-6(8(11)14-15)7(3-5)16-9-12-4-13-17-9/h1-4,15H,(H2,11,14). The normalized spacial score (nSPS) is 11.7. The van der Waals surface area contributed by atoms with E-state index in [-0.39, 0.29) is 5.84 Å². The zero-order valence-corrected chi connectivity index (χ0v) is 10.8. The minimum atomic E-state index is 0.0358. The summed E-state index contributed by atoms with van der Waals surface area (Å²) in [4.78, 5) is 4.82. The lowest BCUT2D eigenvalue weighted by Gasteiger charge is -2.06. The number of hydrogen-bond acceptors (Lipinski definition) is 6. The first-order valence-corrected chi connectivity index (χ1v) is 6.39. The second-order valence-corrected chi connectivity index (χ2v) is 5.44. The fourth-order valence-corrected chi connectivity index (χ4v) is 2.97. The summed E-state index contributed by atoms with van der Waals surface area (Å²) in [5, 5.41) is 12.3. The van der Waals surface area contributed by atoms with Gasteiger partial charge in [0.2, 0.25) is 0 Å². The van der Waals surface area contributed by atoms with Crippen LogP contribution in [0.25, 0.3) is 0 Å². The zero-order chi connectivity index (χ0) is 12.3. The van der Waals surface area contributed by atoms with Gasteiger partial charge in [0.25, 0.3) is 0 Å². The molecule has 2 rings (SSSR count). The summed E-state index contributed by atoms with van der Waals surface area (Å²) >= 11 is 8.55. The maximum Gasteiger partial charge on any atom is 0.174 e. The van der Waals surface area contributed by atoms with Crippen molar-refractivity contribution in [1.29, 1.82) is 0 Å². The Morgan fingerprint density at radius 2 is 2.35 bits per heavy atom. The van der Waals surface area contributed by atoms with Gasteiger partial charge in [-0.05, 0) is 29.7 Å². The van der Waals surface area contributed by atoms with Gasteiger partial charge in [0, 0.05) is 15.5 Å². The Balaban J connectivity index is 2.40. The van der Waals surface area contributed by atoms with Crippen molar-refractivity contribution in [1.82, 2.24) is 9.36 Å². The third-order valence-corrected chi connectivity index (χ3v) is 3.87. The molecule has 0 unspecified atom stereocenters. The van der Waals surface area contributed by atoms with E-state index in [1.807, 2.05) is 0 Å². The quantitative estimate of drug-likeness (QED) is 0.392. The SMILES string of the molecule is NC(=NO)c1ccc(Cl)cc1Sc1ncns1. The molecule has 0 fully saturated rings. The average Bonchev–Trinajstić information content (AvgIpc) is 2.81. The Morgan fingerprint density at radius 3 is 3.00 bits per heavy atom. The maximum absolute atomic E-state index is 8.70. The molecule has 1 aromatic heterocycles. The van der Waals surface area contributed by atoms with Gasteiger partial charge in [0.1, 0.15) is 6.33 Å². The smallest absolute Gasteiger partial charge is 0.174 e. The van der Waals surface area contributed by atoms with E-state index in [4.69, 9.17) is 22.5 Å². The van der Waals surface area contributed by atoms with Crippen molar-refractivity contribution in [2.75, 3.05) is 0 Å². The molecule has 0 saturated heterocycles. The highest BCUT2D eigenvalue weighted by Crippen LogP contribution is 2.32. The molecule has 3 N–H and O–H groups in total. The molecule has 1 heterocycles. The van der Waals surface area contributed by atoms with E-state index >= 15 is 0 Å². The van der Waals surface area contributed by atoms with E-state index < -0.39 is 0 Å². The van der Waals surface area contributed by atoms with Crippen LogP contribution in [-0.2, 0) is 0 Å². The molecule has 0 bridgehead atoms. The maximum atomic E-state index is 8.70. The van der Waals surface area contributed by atoms with E-state index in [0.717, 1.165) is 9.24 Å². The number of aromatic nitrogens is 2. The minimum Gasteiger partial charge on any atom is -0.409 e. The Morgan fingerprint density at radius 1 is 1.53 bits per heavy atom. The summed E-state index contributed by atoms with van der Waals surface area (Å²) < 4.78 is 4.66. The van der Waals surface area contributed by atoms with Crippen molar-refractivity contribution in [3.8, 4) is 0 Å². The van der Waals surface area contributed by atoms with E-state index in [1.54, 1.807) is 18.2 Å². The van der Waals surface area contributed by atoms with Crippen LogP contribution >= 0.6 is 34.9 Å². The average molecular weight is 287 g/mol. The summed E-state index contributed by atoms with van der Waals surface area (Å²) in [5.41, 5.74) is 6.19. The Labute approximate surface area is 110 Å². The van der Waals surface area contributed by atoms with Crippen LogP contribution in [0.5, 0.6) is 0 Å². The second kappa shape index (κ2) is 5.35. The summed E-state index contributed by atoms with van der Waals surface area (Å²) in [6.45, 7) is 0. The Kier molecular flexibility index (Phi) is 3.82. The molecule has 0 aliphatic carbocycles. The highest BCUT2D eigenvalue weighted by Gasteiger charge is 2.11. The van der Waals surface area contributed by atoms with Crippen molar-refractivity contribution in [3.05, 3.63) is 35.1 Å². The monoisotopic (exact) mass is 286 g/mol. The van der Waals surface area contributed by atoms with Gasteiger partial charge >= 0.3 is 0 Å². The lowest BCUT2D eigenvalue weighted by Crippen LogP contribution is -2.14. The number of hydrogen-bond donors (Lipinski definition) is 2. The van der Waals surface area contributed by atoms with Crippen molar-refractivity contribution >= 4 is 40.7 Å². The number of rotatable bonds is 3. The van der Waals surface area contributed by atoms with Crippen molar-refractivity contribution in [2.24, 2.45) is 10.9 Å². The Bertz CT molecular complexity index is 544. The van der Waals surface area contributed by atoms with Gasteiger partial charge in [0.15, 0.2) is 10.2 Å². The van der Waals surface area contributed by atoms with Gasteiger partial charge in [0.05, 0.1) is 0 Å². The molecule has 0 amide bonds. The van der Waals surface area contributed by atoms with E-state index in [9.17, 15) is 0 Å². The minimum absolute atomic E-state index is 0.0358. The molecule has 17 heavy (non-hydrogen) atoms. The number of nitrogens with zero attached hydrogens (tertiary/aromatic N) is 3. The topological polar surface area (TPSA) is 84.4 Å². The highest BCUT2D eigenvalue weighted by atomic mass is 35.5. The molecule has 0 radical (unpaired) electrons. The molecular formula is C9H7ClN4OS2. The molecule has 0 aliphatic heterocycles. The number of oxime groups is 1. The lowest BCUT2D eigenvalue weighted by molar-refractivity contribution is 0.318. The largest absolute Gasteiger partial charge is 0.409 e. The molecule has 0 atom stereocenters. The summed E-state index contributed by atoms with van der Waals surface area (Å²) in [6, 6.07) is 5.11. The van der Waals surface area contributed by atoms with E-state index in [0.29, 0.717) is 10.6 Å². The van der Waals surface area contributed by atoms with E-state index in [1.165, 1.54) is 29.6 Å². The third-order valence-electron chi connectivity index (χ3n) is 1.87. The van der Waals surface area contributed by atoms with Crippen molar-refractivity contribution in [2.45, 2.75) is 9.24 Å². The van der Waals surface area contributed by atoms with Crippen LogP contribution in [0.2, 0.25) is 5.02 Å². The first-order valence-electron chi connectivity index (χ1n) is 4.42. The molecule has 1 aromatic carbocycles. The fraction of sp³-hybridized carbons (Fsp3) is 0. The zero-order valence-electron chi connectivity index (χ0n) is 8.37. The van der Waals surface area contributed by atoms with Crippen molar-refractivity contribution < 1.29 is 5.21 Å². The number of benzene rings is 1. The van der Waals surface area contributed by atoms with Gasteiger partial charge in [-0.15, -0.1) is 0 Å². The number of halogens is 1. The summed E-state index contributed by atoms with van der Waals surface area (Å²) in [7, 11) is 0. The number of nitrogens with two attached hydrogens (primary N) is 1. The van der Waals surface area contributed by atoms with Gasteiger partial charge < -0.3 is 10.9 Å². The molecule has 2 aromatic rings. The van der Waals surface area contributed by atoms with Crippen LogP contribution in [-0.4, -0.2) is 20.4 Å². The first-order chi connectivity index (χ1) is 8.20. The van der Waals surface area contributed by atoms with Crippen LogP contribution in [0.15, 0.2) is 38.9 Å². The molecule has 8 heteroatoms. The van der Waals surface area contributed by atoms with Gasteiger partial charge in [-0.1, -0.05) is 28.5 Å². The molecular weight excluding hydrogens is 280 g/mol. The summed E-state index contributed by atoms with van der Waals surface area (Å²) in [5.74, 6) is 0.0358. The Hall–Kier alpha value is -1.31. The molecule has 5 nitrogen and oxygen atoms in total. The van der Waals surface area contributed by atoms with Crippen molar-refractivity contribution in [3.63, 3.8) is 0 Å². The fourth-order valence-electron chi connectivity index (χ4n) is 1.15. The third kappa shape index (κ3) is 2.87. The number of amidine groups is 1. The molecule has 0 spiro atoms. The second-order valence-electron chi connectivity index (χ2n) is 2.93. The summed E-state index contributed by atoms with van der Waals surface area (Å²) in [6.07, 6.45) is 1.47. The van der Waals surface area contributed by atoms with Gasteiger partial charge in [-0.2, -0.15) is 4.37 Å². The van der Waals surface area contributed by atoms with Crippen LogP contribution in [0, 0.1) is 0 Å². The first kappa shape index (κ1) is 12.2. The highest BCUT2D eigenvalue weighted by molar-refractivity contribution is 8.01. The van der Waals surface area contributed by atoms with Crippen LogP contribution in [0.1, 0.15) is 5.56 Å². The van der Waals surface area contributed by atoms with Crippen LogP contribution in [0.4, 0.5) is 0 Å². The molecule has 0 aliphatic rings.